The highest BCUT2D eigenvalue weighted by Gasteiger charge is 2.23. The quantitative estimate of drug-likeness (QED) is 0.847. The molecule has 0 aromatic heterocycles. The van der Waals surface area contributed by atoms with Crippen LogP contribution in [0, 0.1) is 5.82 Å². The van der Waals surface area contributed by atoms with Gasteiger partial charge in [-0.25, -0.2) is 4.39 Å². The van der Waals surface area contributed by atoms with Gasteiger partial charge in [-0.3, -0.25) is 14.5 Å². The molecule has 2 amide bonds. The smallest absolute Gasteiger partial charge is 0.253 e. The number of nitrogens with zero attached hydrogens (tertiary/aromatic N) is 2. The fraction of sp³-hybridized carbons (Fsp3) is 0.333. The minimum Gasteiger partial charge on any atom is -0.355 e. The third kappa shape index (κ3) is 5.62. The molecule has 0 spiro atoms. The van der Waals surface area contributed by atoms with E-state index in [4.69, 9.17) is 0 Å². The van der Waals surface area contributed by atoms with Crippen LogP contribution < -0.4 is 5.32 Å². The molecule has 1 aliphatic heterocycles. The second-order valence-corrected chi connectivity index (χ2v) is 6.66. The highest BCUT2D eigenvalue weighted by molar-refractivity contribution is 5.94. The predicted octanol–water partition coefficient (Wildman–Crippen LogP) is 1.94. The minimum absolute atomic E-state index is 0.0278. The number of hydrogen-bond donors (Lipinski definition) is 1. The van der Waals surface area contributed by atoms with E-state index in [1.54, 1.807) is 12.1 Å². The first kappa shape index (κ1) is 19.0. The van der Waals surface area contributed by atoms with Gasteiger partial charge in [0.05, 0.1) is 6.54 Å². The highest BCUT2D eigenvalue weighted by atomic mass is 19.1. The number of carbonyl (C=O) groups is 2. The van der Waals surface area contributed by atoms with Crippen molar-refractivity contribution in [2.45, 2.75) is 6.42 Å². The molecular formula is C21H24FN3O2. The molecule has 0 bridgehead atoms. The SMILES string of the molecule is O=C(CN1CCN(C(=O)c2ccccc2)CC1)NCCc1ccc(F)cc1. The van der Waals surface area contributed by atoms with Crippen molar-refractivity contribution in [3.63, 3.8) is 0 Å². The van der Waals surface area contributed by atoms with Crippen LogP contribution in [0.5, 0.6) is 0 Å². The van der Waals surface area contributed by atoms with Crippen LogP contribution in [0.15, 0.2) is 54.6 Å². The summed E-state index contributed by atoms with van der Waals surface area (Å²) in [5, 5.41) is 2.90. The van der Waals surface area contributed by atoms with Gasteiger partial charge >= 0.3 is 0 Å². The summed E-state index contributed by atoms with van der Waals surface area (Å²) in [6.07, 6.45) is 0.672. The topological polar surface area (TPSA) is 52.7 Å². The second-order valence-electron chi connectivity index (χ2n) is 6.66. The summed E-state index contributed by atoms with van der Waals surface area (Å²) in [5.74, 6) is -0.244. The van der Waals surface area contributed by atoms with Crippen LogP contribution in [0.3, 0.4) is 0 Å². The van der Waals surface area contributed by atoms with Gasteiger partial charge in [0, 0.05) is 38.3 Å². The van der Waals surface area contributed by atoms with Gasteiger partial charge in [0.15, 0.2) is 0 Å². The molecule has 1 fully saturated rings. The van der Waals surface area contributed by atoms with Crippen molar-refractivity contribution in [1.29, 1.82) is 0 Å². The Morgan fingerprint density at radius 3 is 2.26 bits per heavy atom. The van der Waals surface area contributed by atoms with Crippen LogP contribution in [0.2, 0.25) is 0 Å². The monoisotopic (exact) mass is 369 g/mol. The zero-order valence-corrected chi connectivity index (χ0v) is 15.2. The molecule has 3 rings (SSSR count). The van der Waals surface area contributed by atoms with Crippen LogP contribution in [0.1, 0.15) is 15.9 Å². The molecule has 1 aliphatic rings. The maximum absolute atomic E-state index is 12.9. The number of benzene rings is 2. The highest BCUT2D eigenvalue weighted by Crippen LogP contribution is 2.08. The van der Waals surface area contributed by atoms with E-state index in [-0.39, 0.29) is 17.6 Å². The normalized spacial score (nSPS) is 14.8. The third-order valence-corrected chi connectivity index (χ3v) is 4.70. The molecule has 6 heteroatoms. The molecule has 1 N–H and O–H groups in total. The Morgan fingerprint density at radius 2 is 1.59 bits per heavy atom. The van der Waals surface area contributed by atoms with Crippen molar-refractivity contribution in [1.82, 2.24) is 15.1 Å². The lowest BCUT2D eigenvalue weighted by Gasteiger charge is -2.34. The van der Waals surface area contributed by atoms with Crippen LogP contribution in [-0.2, 0) is 11.2 Å². The van der Waals surface area contributed by atoms with E-state index in [9.17, 15) is 14.0 Å². The summed E-state index contributed by atoms with van der Waals surface area (Å²) in [7, 11) is 0. The van der Waals surface area contributed by atoms with Crippen LogP contribution in [0.4, 0.5) is 4.39 Å². The summed E-state index contributed by atoms with van der Waals surface area (Å²) >= 11 is 0. The number of halogens is 1. The molecule has 1 heterocycles. The van der Waals surface area contributed by atoms with E-state index in [1.165, 1.54) is 12.1 Å². The number of amides is 2. The van der Waals surface area contributed by atoms with Gasteiger partial charge in [-0.15, -0.1) is 0 Å². The molecule has 27 heavy (non-hydrogen) atoms. The first-order valence-corrected chi connectivity index (χ1v) is 9.19. The fourth-order valence-corrected chi connectivity index (χ4v) is 3.13. The molecule has 0 unspecified atom stereocenters. The summed E-state index contributed by atoms with van der Waals surface area (Å²) < 4.78 is 12.9. The van der Waals surface area contributed by atoms with E-state index in [0.717, 1.165) is 5.56 Å². The molecule has 0 atom stereocenters. The molecular weight excluding hydrogens is 345 g/mol. The summed E-state index contributed by atoms with van der Waals surface area (Å²) in [6, 6.07) is 15.6. The van der Waals surface area contributed by atoms with Gasteiger partial charge in [-0.2, -0.15) is 0 Å². The molecule has 0 radical (unpaired) electrons. The van der Waals surface area contributed by atoms with Crippen LogP contribution in [0.25, 0.3) is 0 Å². The zero-order chi connectivity index (χ0) is 19.1. The lowest BCUT2D eigenvalue weighted by atomic mass is 10.1. The average molecular weight is 369 g/mol. The van der Waals surface area contributed by atoms with Crippen LogP contribution in [-0.4, -0.2) is 60.9 Å². The average Bonchev–Trinajstić information content (AvgIpc) is 2.70. The lowest BCUT2D eigenvalue weighted by Crippen LogP contribution is -2.51. The van der Waals surface area contributed by atoms with Gasteiger partial charge in [0.1, 0.15) is 5.82 Å². The maximum Gasteiger partial charge on any atom is 0.253 e. The maximum atomic E-state index is 12.9. The van der Waals surface area contributed by atoms with Crippen molar-refractivity contribution in [2.75, 3.05) is 39.3 Å². The Balaban J connectivity index is 1.36. The van der Waals surface area contributed by atoms with Gasteiger partial charge in [0.2, 0.25) is 5.91 Å². The zero-order valence-electron chi connectivity index (χ0n) is 15.2. The number of rotatable bonds is 6. The molecule has 142 valence electrons. The minimum atomic E-state index is -0.257. The molecule has 1 saturated heterocycles. The van der Waals surface area contributed by atoms with Crippen molar-refractivity contribution < 1.29 is 14.0 Å². The van der Waals surface area contributed by atoms with Crippen molar-refractivity contribution >= 4 is 11.8 Å². The first-order chi connectivity index (χ1) is 13.1. The third-order valence-electron chi connectivity index (χ3n) is 4.70. The number of nitrogens with one attached hydrogen (secondary N) is 1. The Kier molecular flexibility index (Phi) is 6.54. The number of hydrogen-bond acceptors (Lipinski definition) is 3. The Labute approximate surface area is 158 Å². The van der Waals surface area contributed by atoms with E-state index < -0.39 is 0 Å². The fourth-order valence-electron chi connectivity index (χ4n) is 3.13. The number of piperazine rings is 1. The van der Waals surface area contributed by atoms with Gasteiger partial charge in [-0.1, -0.05) is 30.3 Å². The van der Waals surface area contributed by atoms with E-state index in [1.807, 2.05) is 35.2 Å². The van der Waals surface area contributed by atoms with Crippen molar-refractivity contribution in [2.24, 2.45) is 0 Å². The van der Waals surface area contributed by atoms with Crippen LogP contribution >= 0.6 is 0 Å². The standard InChI is InChI=1S/C21H24FN3O2/c22-19-8-6-17(7-9-19)10-11-23-20(26)16-24-12-14-25(15-13-24)21(27)18-4-2-1-3-5-18/h1-9H,10-16H2,(H,23,26). The summed E-state index contributed by atoms with van der Waals surface area (Å²) in [6.45, 7) is 3.47. The van der Waals surface area contributed by atoms with E-state index >= 15 is 0 Å². The number of carbonyl (C=O) groups excluding carboxylic acids is 2. The molecule has 0 saturated carbocycles. The Hall–Kier alpha value is -2.73. The summed E-state index contributed by atoms with van der Waals surface area (Å²) in [4.78, 5) is 28.4. The van der Waals surface area contributed by atoms with Gasteiger partial charge in [0.25, 0.3) is 5.91 Å². The van der Waals surface area contributed by atoms with E-state index in [0.29, 0.717) is 51.3 Å². The molecule has 2 aromatic rings. The Morgan fingerprint density at radius 1 is 0.926 bits per heavy atom. The summed E-state index contributed by atoms with van der Waals surface area (Å²) in [5.41, 5.74) is 1.69. The second kappa shape index (κ2) is 9.28. The first-order valence-electron chi connectivity index (χ1n) is 9.19. The molecule has 2 aromatic carbocycles. The molecule has 5 nitrogen and oxygen atoms in total. The van der Waals surface area contributed by atoms with Gasteiger partial charge in [-0.05, 0) is 36.2 Å². The largest absolute Gasteiger partial charge is 0.355 e. The molecule has 0 aliphatic carbocycles. The lowest BCUT2D eigenvalue weighted by molar-refractivity contribution is -0.122. The predicted molar refractivity (Wildman–Crippen MR) is 102 cm³/mol. The van der Waals surface area contributed by atoms with Crippen molar-refractivity contribution in [3.8, 4) is 0 Å². The van der Waals surface area contributed by atoms with Gasteiger partial charge < -0.3 is 10.2 Å². The van der Waals surface area contributed by atoms with E-state index in [2.05, 4.69) is 10.2 Å². The van der Waals surface area contributed by atoms with Crippen molar-refractivity contribution in [3.05, 3.63) is 71.5 Å². The Bertz CT molecular complexity index is 757.